The molecule has 2 aromatic rings. The topological polar surface area (TPSA) is 61.4 Å². The monoisotopic (exact) mass is 355 g/mol. The van der Waals surface area contributed by atoms with Crippen LogP contribution < -0.4 is 10.6 Å². The minimum atomic E-state index is -0.294. The standard InChI is InChI=1S/C20H22FN3O2/c1-24(2)18(14-4-3-5-16(21)11-14)12-22-20(26)15-6-8-17-13(10-15)7-9-19(25)23-17/h3-6,8,10-11,18H,7,9,12H2,1-2H3,(H,22,26)(H,23,25). The number of carbonyl (C=O) groups excluding carboxylic acids is 2. The van der Waals surface area contributed by atoms with Crippen LogP contribution in [-0.4, -0.2) is 37.4 Å². The van der Waals surface area contributed by atoms with Crippen molar-refractivity contribution < 1.29 is 14.0 Å². The molecule has 0 saturated heterocycles. The molecule has 0 spiro atoms. The summed E-state index contributed by atoms with van der Waals surface area (Å²) in [5, 5.41) is 5.73. The molecule has 0 radical (unpaired) electrons. The number of hydrogen-bond acceptors (Lipinski definition) is 3. The van der Waals surface area contributed by atoms with Crippen LogP contribution in [0, 0.1) is 5.82 Å². The normalized spacial score (nSPS) is 14.5. The highest BCUT2D eigenvalue weighted by molar-refractivity contribution is 5.97. The maximum absolute atomic E-state index is 13.5. The Balaban J connectivity index is 1.70. The third-order valence-electron chi connectivity index (χ3n) is 4.58. The van der Waals surface area contributed by atoms with Gasteiger partial charge < -0.3 is 15.5 Å². The average Bonchev–Trinajstić information content (AvgIpc) is 2.61. The van der Waals surface area contributed by atoms with Crippen molar-refractivity contribution >= 4 is 17.5 Å². The van der Waals surface area contributed by atoms with Crippen LogP contribution >= 0.6 is 0 Å². The summed E-state index contributed by atoms with van der Waals surface area (Å²) in [6.45, 7) is 0.364. The summed E-state index contributed by atoms with van der Waals surface area (Å²) in [6, 6.07) is 11.5. The van der Waals surface area contributed by atoms with Gasteiger partial charge in [-0.15, -0.1) is 0 Å². The van der Waals surface area contributed by atoms with Crippen molar-refractivity contribution in [1.82, 2.24) is 10.2 Å². The van der Waals surface area contributed by atoms with Gasteiger partial charge in [0.25, 0.3) is 5.91 Å². The van der Waals surface area contributed by atoms with Crippen LogP contribution in [0.2, 0.25) is 0 Å². The summed E-state index contributed by atoms with van der Waals surface area (Å²) in [5.41, 5.74) is 3.09. The van der Waals surface area contributed by atoms with Gasteiger partial charge in [0.2, 0.25) is 5.91 Å². The zero-order valence-electron chi connectivity index (χ0n) is 14.9. The van der Waals surface area contributed by atoms with Gasteiger partial charge in [0, 0.05) is 24.2 Å². The number of hydrogen-bond donors (Lipinski definition) is 2. The molecule has 2 amide bonds. The molecular formula is C20H22FN3O2. The number of likely N-dealkylation sites (N-methyl/N-ethyl adjacent to an activating group) is 1. The molecule has 0 fully saturated rings. The van der Waals surface area contributed by atoms with E-state index < -0.39 is 0 Å². The highest BCUT2D eigenvalue weighted by Gasteiger charge is 2.19. The number of aryl methyl sites for hydroxylation is 1. The maximum Gasteiger partial charge on any atom is 0.251 e. The molecule has 1 aliphatic rings. The Labute approximate surface area is 152 Å². The van der Waals surface area contributed by atoms with E-state index in [0.29, 0.717) is 24.9 Å². The highest BCUT2D eigenvalue weighted by Crippen LogP contribution is 2.24. The van der Waals surface area contributed by atoms with Crippen LogP contribution in [0.4, 0.5) is 10.1 Å². The fraction of sp³-hybridized carbons (Fsp3) is 0.300. The maximum atomic E-state index is 13.5. The average molecular weight is 355 g/mol. The van der Waals surface area contributed by atoms with Crippen molar-refractivity contribution in [3.05, 3.63) is 65.0 Å². The summed E-state index contributed by atoms with van der Waals surface area (Å²) in [4.78, 5) is 25.9. The molecule has 5 nitrogen and oxygen atoms in total. The number of anilines is 1. The van der Waals surface area contributed by atoms with Crippen LogP contribution in [0.3, 0.4) is 0 Å². The minimum absolute atomic E-state index is 0.00128. The van der Waals surface area contributed by atoms with Gasteiger partial charge in [-0.1, -0.05) is 12.1 Å². The predicted molar refractivity (Wildman–Crippen MR) is 98.6 cm³/mol. The first-order valence-electron chi connectivity index (χ1n) is 8.57. The Kier molecular flexibility index (Phi) is 5.32. The van der Waals surface area contributed by atoms with Crippen LogP contribution in [-0.2, 0) is 11.2 Å². The van der Waals surface area contributed by atoms with Gasteiger partial charge in [-0.05, 0) is 62.0 Å². The van der Waals surface area contributed by atoms with Gasteiger partial charge in [0.05, 0.1) is 6.04 Å². The van der Waals surface area contributed by atoms with Gasteiger partial charge in [0.1, 0.15) is 5.82 Å². The summed E-state index contributed by atoms with van der Waals surface area (Å²) >= 11 is 0. The number of benzene rings is 2. The minimum Gasteiger partial charge on any atom is -0.350 e. The highest BCUT2D eigenvalue weighted by atomic mass is 19.1. The molecule has 0 saturated carbocycles. The Morgan fingerprint density at radius 3 is 2.77 bits per heavy atom. The molecule has 136 valence electrons. The number of rotatable bonds is 5. The van der Waals surface area contributed by atoms with Gasteiger partial charge in [-0.3, -0.25) is 9.59 Å². The second-order valence-electron chi connectivity index (χ2n) is 6.66. The fourth-order valence-electron chi connectivity index (χ4n) is 3.13. The zero-order chi connectivity index (χ0) is 18.7. The van der Waals surface area contributed by atoms with Crippen LogP contribution in [0.5, 0.6) is 0 Å². The quantitative estimate of drug-likeness (QED) is 0.867. The Morgan fingerprint density at radius 2 is 2.04 bits per heavy atom. The van der Waals surface area contributed by atoms with Crippen molar-refractivity contribution in [1.29, 1.82) is 0 Å². The Hall–Kier alpha value is -2.73. The molecule has 1 atom stereocenters. The lowest BCUT2D eigenvalue weighted by molar-refractivity contribution is -0.116. The van der Waals surface area contributed by atoms with Crippen LogP contribution in [0.25, 0.3) is 0 Å². The van der Waals surface area contributed by atoms with Gasteiger partial charge in [-0.25, -0.2) is 4.39 Å². The molecule has 3 rings (SSSR count). The van der Waals surface area contributed by atoms with E-state index in [-0.39, 0.29) is 23.7 Å². The van der Waals surface area contributed by atoms with Crippen LogP contribution in [0.15, 0.2) is 42.5 Å². The van der Waals surface area contributed by atoms with Crippen molar-refractivity contribution in [2.45, 2.75) is 18.9 Å². The van der Waals surface area contributed by atoms with E-state index >= 15 is 0 Å². The number of amides is 2. The fourth-order valence-corrected chi connectivity index (χ4v) is 3.13. The first-order chi connectivity index (χ1) is 12.4. The molecule has 0 aromatic heterocycles. The first kappa shape index (κ1) is 18.1. The third kappa shape index (κ3) is 4.08. The summed E-state index contributed by atoms with van der Waals surface area (Å²) in [7, 11) is 3.78. The number of nitrogens with zero attached hydrogens (tertiary/aromatic N) is 1. The molecule has 1 heterocycles. The predicted octanol–water partition coefficient (Wildman–Crippen LogP) is 2.74. The van der Waals surface area contributed by atoms with Gasteiger partial charge in [0.15, 0.2) is 0 Å². The third-order valence-corrected chi connectivity index (χ3v) is 4.58. The second-order valence-corrected chi connectivity index (χ2v) is 6.66. The molecule has 2 aromatic carbocycles. The van der Waals surface area contributed by atoms with E-state index in [2.05, 4.69) is 10.6 Å². The van der Waals surface area contributed by atoms with Crippen molar-refractivity contribution in [2.24, 2.45) is 0 Å². The summed E-state index contributed by atoms with van der Waals surface area (Å²) in [6.07, 6.45) is 1.06. The lowest BCUT2D eigenvalue weighted by Gasteiger charge is -2.25. The molecular weight excluding hydrogens is 333 g/mol. The van der Waals surface area contributed by atoms with E-state index in [1.165, 1.54) is 12.1 Å². The summed E-state index contributed by atoms with van der Waals surface area (Å²) in [5.74, 6) is -0.482. The zero-order valence-corrected chi connectivity index (χ0v) is 14.9. The second kappa shape index (κ2) is 7.66. The molecule has 6 heteroatoms. The number of halogens is 1. The molecule has 1 unspecified atom stereocenters. The molecule has 2 N–H and O–H groups in total. The van der Waals surface area contributed by atoms with Crippen LogP contribution in [0.1, 0.15) is 33.9 Å². The van der Waals surface area contributed by atoms with Gasteiger partial charge >= 0.3 is 0 Å². The van der Waals surface area contributed by atoms with Crippen molar-refractivity contribution in [3.63, 3.8) is 0 Å². The lowest BCUT2D eigenvalue weighted by Crippen LogP contribution is -2.34. The van der Waals surface area contributed by atoms with Gasteiger partial charge in [-0.2, -0.15) is 0 Å². The molecule has 26 heavy (non-hydrogen) atoms. The molecule has 1 aliphatic heterocycles. The Bertz CT molecular complexity index is 836. The van der Waals surface area contributed by atoms with E-state index in [1.54, 1.807) is 18.2 Å². The van der Waals surface area contributed by atoms with E-state index in [0.717, 1.165) is 16.8 Å². The SMILES string of the molecule is CN(C)C(CNC(=O)c1ccc2c(c1)CCC(=O)N2)c1cccc(F)c1. The number of nitrogens with one attached hydrogen (secondary N) is 2. The summed E-state index contributed by atoms with van der Waals surface area (Å²) < 4.78 is 13.5. The van der Waals surface area contributed by atoms with E-state index in [9.17, 15) is 14.0 Å². The number of carbonyl (C=O) groups is 2. The molecule has 0 aliphatic carbocycles. The first-order valence-corrected chi connectivity index (χ1v) is 8.57. The van der Waals surface area contributed by atoms with E-state index in [4.69, 9.17) is 0 Å². The Morgan fingerprint density at radius 1 is 1.23 bits per heavy atom. The van der Waals surface area contributed by atoms with E-state index in [1.807, 2.05) is 31.1 Å². The largest absolute Gasteiger partial charge is 0.350 e. The smallest absolute Gasteiger partial charge is 0.251 e. The number of fused-ring (bicyclic) bond motifs is 1. The van der Waals surface area contributed by atoms with Crippen molar-refractivity contribution in [2.75, 3.05) is 26.0 Å². The molecule has 0 bridgehead atoms. The van der Waals surface area contributed by atoms with Crippen molar-refractivity contribution in [3.8, 4) is 0 Å². The lowest BCUT2D eigenvalue weighted by atomic mass is 10.00.